The molecular formula is C22H22F3N3OS. The van der Waals surface area contributed by atoms with Crippen molar-refractivity contribution in [2.45, 2.75) is 32.5 Å². The number of piperidine rings is 1. The summed E-state index contributed by atoms with van der Waals surface area (Å²) in [6.07, 6.45) is -1.11. The summed E-state index contributed by atoms with van der Waals surface area (Å²) < 4.78 is 40.7. The summed E-state index contributed by atoms with van der Waals surface area (Å²) >= 11 is 1.71. The van der Waals surface area contributed by atoms with E-state index in [9.17, 15) is 18.0 Å². The summed E-state index contributed by atoms with van der Waals surface area (Å²) in [5, 5.41) is 3.79. The second kappa shape index (κ2) is 8.26. The molecule has 0 radical (unpaired) electrons. The van der Waals surface area contributed by atoms with Gasteiger partial charge in [-0.3, -0.25) is 4.79 Å². The average Bonchev–Trinajstić information content (AvgIpc) is 3.11. The van der Waals surface area contributed by atoms with Crippen LogP contribution < -0.4 is 10.2 Å². The largest absolute Gasteiger partial charge is 0.416 e. The Labute approximate surface area is 176 Å². The molecule has 1 amide bonds. The molecule has 1 aromatic carbocycles. The van der Waals surface area contributed by atoms with Crippen molar-refractivity contribution in [2.75, 3.05) is 18.0 Å². The summed E-state index contributed by atoms with van der Waals surface area (Å²) in [7, 11) is 0. The summed E-state index contributed by atoms with van der Waals surface area (Å²) in [5.74, 6) is 0.371. The molecule has 1 saturated heterocycles. The zero-order valence-corrected chi connectivity index (χ0v) is 17.3. The topological polar surface area (TPSA) is 45.2 Å². The van der Waals surface area contributed by atoms with Crippen molar-refractivity contribution in [3.63, 3.8) is 0 Å². The number of carbonyl (C=O) groups is 1. The third-order valence-corrected chi connectivity index (χ3v) is 6.43. The zero-order chi connectivity index (χ0) is 21.3. The molecule has 1 aliphatic rings. The molecule has 0 aliphatic carbocycles. The molecule has 0 spiro atoms. The van der Waals surface area contributed by atoms with Gasteiger partial charge in [0.2, 0.25) is 5.91 Å². The van der Waals surface area contributed by atoms with Crippen LogP contribution in [0.1, 0.15) is 28.8 Å². The first-order chi connectivity index (χ1) is 14.3. The van der Waals surface area contributed by atoms with Gasteiger partial charge in [0.25, 0.3) is 0 Å². The summed E-state index contributed by atoms with van der Waals surface area (Å²) in [5.41, 5.74) is -0.634. The van der Waals surface area contributed by atoms with Crippen molar-refractivity contribution in [1.82, 2.24) is 10.3 Å². The Balaban J connectivity index is 1.46. The lowest BCUT2D eigenvalue weighted by Gasteiger charge is -2.33. The molecule has 1 fully saturated rings. The Morgan fingerprint density at radius 2 is 2.10 bits per heavy atom. The number of pyridine rings is 1. The van der Waals surface area contributed by atoms with Crippen LogP contribution in [0, 0.1) is 12.8 Å². The molecule has 3 heterocycles. The minimum absolute atomic E-state index is 0.0752. The van der Waals surface area contributed by atoms with Crippen LogP contribution in [-0.4, -0.2) is 24.0 Å². The lowest BCUT2D eigenvalue weighted by atomic mass is 9.96. The van der Waals surface area contributed by atoms with E-state index in [-0.39, 0.29) is 23.9 Å². The zero-order valence-electron chi connectivity index (χ0n) is 16.5. The maximum atomic E-state index is 13.2. The maximum Gasteiger partial charge on any atom is 0.416 e. The van der Waals surface area contributed by atoms with Gasteiger partial charge >= 0.3 is 6.18 Å². The molecule has 2 aromatic heterocycles. The van der Waals surface area contributed by atoms with Crippen molar-refractivity contribution < 1.29 is 18.0 Å². The number of aryl methyl sites for hydroxylation is 1. The third-order valence-electron chi connectivity index (χ3n) is 5.42. The van der Waals surface area contributed by atoms with Gasteiger partial charge in [-0.1, -0.05) is 18.2 Å². The van der Waals surface area contributed by atoms with Crippen molar-refractivity contribution in [3.8, 4) is 0 Å². The molecule has 3 aromatic rings. The van der Waals surface area contributed by atoms with Crippen LogP contribution >= 0.6 is 11.3 Å². The predicted octanol–water partition coefficient (Wildman–Crippen LogP) is 5.16. The monoisotopic (exact) mass is 433 g/mol. The normalized spacial score (nSPS) is 17.3. The molecule has 1 atom stereocenters. The van der Waals surface area contributed by atoms with Gasteiger partial charge in [0.05, 0.1) is 11.5 Å². The third kappa shape index (κ3) is 4.28. The van der Waals surface area contributed by atoms with Crippen LogP contribution in [0.5, 0.6) is 0 Å². The van der Waals surface area contributed by atoms with E-state index >= 15 is 0 Å². The number of thiophene rings is 1. The fraction of sp³-hybridized carbons (Fsp3) is 0.364. The molecule has 8 heteroatoms. The molecule has 30 heavy (non-hydrogen) atoms. The molecule has 1 aliphatic heterocycles. The van der Waals surface area contributed by atoms with E-state index < -0.39 is 11.7 Å². The van der Waals surface area contributed by atoms with Gasteiger partial charge in [0.15, 0.2) is 0 Å². The summed E-state index contributed by atoms with van der Waals surface area (Å²) in [6.45, 7) is 3.23. The summed E-state index contributed by atoms with van der Waals surface area (Å²) in [6, 6.07) is 9.45. The molecular weight excluding hydrogens is 411 g/mol. The average molecular weight is 433 g/mol. The number of hydrogen-bond donors (Lipinski definition) is 1. The highest BCUT2D eigenvalue weighted by atomic mass is 32.1. The Bertz CT molecular complexity index is 1060. The Morgan fingerprint density at radius 3 is 2.90 bits per heavy atom. The van der Waals surface area contributed by atoms with E-state index in [2.05, 4.69) is 28.2 Å². The van der Waals surface area contributed by atoms with E-state index in [1.807, 2.05) is 6.07 Å². The first-order valence-corrected chi connectivity index (χ1v) is 10.7. The first-order valence-electron chi connectivity index (χ1n) is 9.86. The Hall–Kier alpha value is -2.61. The van der Waals surface area contributed by atoms with E-state index in [4.69, 9.17) is 0 Å². The number of alkyl halides is 3. The first kappa shape index (κ1) is 20.7. The highest BCUT2D eigenvalue weighted by molar-refractivity contribution is 7.19. The molecule has 1 unspecified atom stereocenters. The van der Waals surface area contributed by atoms with Gasteiger partial charge in [-0.05, 0) is 43.5 Å². The highest BCUT2D eigenvalue weighted by Gasteiger charge is 2.33. The number of benzene rings is 1. The van der Waals surface area contributed by atoms with Gasteiger partial charge in [-0.15, -0.1) is 11.3 Å². The molecule has 4 rings (SSSR count). The number of fused-ring (bicyclic) bond motifs is 1. The molecule has 0 saturated carbocycles. The second-order valence-corrected chi connectivity index (χ2v) is 8.85. The van der Waals surface area contributed by atoms with Gasteiger partial charge in [0, 0.05) is 40.8 Å². The van der Waals surface area contributed by atoms with Crippen LogP contribution in [-0.2, 0) is 17.5 Å². The smallest absolute Gasteiger partial charge is 0.355 e. The van der Waals surface area contributed by atoms with Crippen molar-refractivity contribution in [3.05, 3.63) is 58.6 Å². The fourth-order valence-electron chi connectivity index (χ4n) is 3.99. The quantitative estimate of drug-likeness (QED) is 0.619. The number of aromatic nitrogens is 1. The lowest BCUT2D eigenvalue weighted by Crippen LogP contribution is -2.43. The minimum Gasteiger partial charge on any atom is -0.355 e. The number of nitrogens with zero attached hydrogens (tertiary/aromatic N) is 2. The SMILES string of the molecule is Cc1cc2c(N3CCCC(C(=O)NCc4ccccc4C(F)(F)F)C3)nccc2s1. The molecule has 4 nitrogen and oxygen atoms in total. The number of rotatable bonds is 4. The number of anilines is 1. The number of carbonyl (C=O) groups excluding carboxylic acids is 1. The van der Waals surface area contributed by atoms with Gasteiger partial charge < -0.3 is 10.2 Å². The minimum atomic E-state index is -4.44. The van der Waals surface area contributed by atoms with Crippen LogP contribution in [0.4, 0.5) is 19.0 Å². The highest BCUT2D eigenvalue weighted by Crippen LogP contribution is 2.34. The number of amides is 1. The molecule has 0 bridgehead atoms. The van der Waals surface area contributed by atoms with Gasteiger partial charge in [0.1, 0.15) is 5.82 Å². The number of hydrogen-bond acceptors (Lipinski definition) is 4. The Kier molecular flexibility index (Phi) is 5.69. The van der Waals surface area contributed by atoms with E-state index in [1.54, 1.807) is 23.6 Å². The fourth-order valence-corrected chi connectivity index (χ4v) is 4.90. The standard InChI is InChI=1S/C22H22F3N3OS/c1-14-11-17-19(30-14)8-9-26-20(17)28-10-4-6-16(13-28)21(29)27-12-15-5-2-3-7-18(15)22(23,24)25/h2-3,5,7-9,11,16H,4,6,10,12-13H2,1H3,(H,27,29). The van der Waals surface area contributed by atoms with Crippen LogP contribution in [0.25, 0.3) is 10.1 Å². The molecule has 158 valence electrons. The van der Waals surface area contributed by atoms with Crippen LogP contribution in [0.15, 0.2) is 42.6 Å². The van der Waals surface area contributed by atoms with Crippen LogP contribution in [0.2, 0.25) is 0 Å². The molecule has 1 N–H and O–H groups in total. The predicted molar refractivity (Wildman–Crippen MR) is 113 cm³/mol. The number of nitrogens with one attached hydrogen (secondary N) is 1. The Morgan fingerprint density at radius 1 is 1.30 bits per heavy atom. The van der Waals surface area contributed by atoms with Crippen molar-refractivity contribution in [2.24, 2.45) is 5.92 Å². The van der Waals surface area contributed by atoms with Gasteiger partial charge in [-0.25, -0.2) is 4.98 Å². The van der Waals surface area contributed by atoms with E-state index in [0.717, 1.165) is 34.9 Å². The van der Waals surface area contributed by atoms with Gasteiger partial charge in [-0.2, -0.15) is 13.2 Å². The van der Waals surface area contributed by atoms with E-state index in [1.165, 1.54) is 17.0 Å². The lowest BCUT2D eigenvalue weighted by molar-refractivity contribution is -0.138. The van der Waals surface area contributed by atoms with Crippen molar-refractivity contribution >= 4 is 33.1 Å². The summed E-state index contributed by atoms with van der Waals surface area (Å²) in [4.78, 5) is 20.6. The van der Waals surface area contributed by atoms with Crippen LogP contribution in [0.3, 0.4) is 0 Å². The van der Waals surface area contributed by atoms with E-state index in [0.29, 0.717) is 13.0 Å². The maximum absolute atomic E-state index is 13.2. The second-order valence-electron chi connectivity index (χ2n) is 7.56. The van der Waals surface area contributed by atoms with Crippen molar-refractivity contribution in [1.29, 1.82) is 0 Å². The number of halogens is 3.